The molecule has 3 rings (SSSR count). The van der Waals surface area contributed by atoms with Crippen LogP contribution in [0.15, 0.2) is 48.7 Å². The second-order valence-electron chi connectivity index (χ2n) is 4.49. The van der Waals surface area contributed by atoms with Crippen molar-refractivity contribution >= 4 is 22.4 Å². The van der Waals surface area contributed by atoms with Crippen molar-refractivity contribution in [3.8, 4) is 6.07 Å². The SMILES string of the molecule is Cc1cc(C#N)cc(Nc2cccc3ncccc23)n1. The van der Waals surface area contributed by atoms with E-state index in [0.717, 1.165) is 22.3 Å². The molecule has 20 heavy (non-hydrogen) atoms. The number of hydrogen-bond acceptors (Lipinski definition) is 4. The van der Waals surface area contributed by atoms with E-state index in [1.165, 1.54) is 0 Å². The minimum Gasteiger partial charge on any atom is -0.340 e. The van der Waals surface area contributed by atoms with Gasteiger partial charge in [0.05, 0.1) is 17.1 Å². The van der Waals surface area contributed by atoms with Crippen molar-refractivity contribution in [3.05, 3.63) is 59.9 Å². The number of benzene rings is 1. The van der Waals surface area contributed by atoms with Gasteiger partial charge in [-0.05, 0) is 43.3 Å². The second-order valence-corrected chi connectivity index (χ2v) is 4.49. The third-order valence-electron chi connectivity index (χ3n) is 2.99. The van der Waals surface area contributed by atoms with E-state index in [9.17, 15) is 0 Å². The van der Waals surface area contributed by atoms with Crippen molar-refractivity contribution in [2.45, 2.75) is 6.92 Å². The van der Waals surface area contributed by atoms with Crippen LogP contribution in [0.3, 0.4) is 0 Å². The van der Waals surface area contributed by atoms with Crippen LogP contribution in [0.25, 0.3) is 10.9 Å². The molecule has 4 heteroatoms. The van der Waals surface area contributed by atoms with E-state index < -0.39 is 0 Å². The highest BCUT2D eigenvalue weighted by molar-refractivity contribution is 5.92. The molecule has 96 valence electrons. The van der Waals surface area contributed by atoms with E-state index in [4.69, 9.17) is 5.26 Å². The molecular formula is C16H12N4. The van der Waals surface area contributed by atoms with Gasteiger partial charge in [-0.15, -0.1) is 0 Å². The summed E-state index contributed by atoms with van der Waals surface area (Å²) in [6, 6.07) is 15.4. The summed E-state index contributed by atoms with van der Waals surface area (Å²) in [6.45, 7) is 1.87. The Labute approximate surface area is 116 Å². The summed E-state index contributed by atoms with van der Waals surface area (Å²) in [6.07, 6.45) is 1.77. The lowest BCUT2D eigenvalue weighted by atomic mass is 10.1. The molecule has 0 spiro atoms. The van der Waals surface area contributed by atoms with Crippen LogP contribution in [-0.2, 0) is 0 Å². The topological polar surface area (TPSA) is 61.6 Å². The zero-order valence-corrected chi connectivity index (χ0v) is 11.0. The molecule has 0 fully saturated rings. The van der Waals surface area contributed by atoms with Crippen LogP contribution >= 0.6 is 0 Å². The zero-order valence-electron chi connectivity index (χ0n) is 11.0. The average Bonchev–Trinajstić information content (AvgIpc) is 2.47. The first-order valence-electron chi connectivity index (χ1n) is 6.26. The largest absolute Gasteiger partial charge is 0.340 e. The maximum Gasteiger partial charge on any atom is 0.131 e. The minimum atomic E-state index is 0.596. The third kappa shape index (κ3) is 2.29. The number of nitriles is 1. The number of nitrogens with zero attached hydrogens (tertiary/aromatic N) is 3. The molecule has 0 amide bonds. The number of pyridine rings is 2. The number of aryl methyl sites for hydroxylation is 1. The van der Waals surface area contributed by atoms with Gasteiger partial charge in [0.25, 0.3) is 0 Å². The van der Waals surface area contributed by atoms with Crippen LogP contribution in [0.4, 0.5) is 11.5 Å². The van der Waals surface area contributed by atoms with Crippen LogP contribution in [0.2, 0.25) is 0 Å². The number of fused-ring (bicyclic) bond motifs is 1. The van der Waals surface area contributed by atoms with Crippen LogP contribution < -0.4 is 5.32 Å². The second kappa shape index (κ2) is 4.98. The Morgan fingerprint density at radius 1 is 1.15 bits per heavy atom. The molecule has 2 aromatic heterocycles. The van der Waals surface area contributed by atoms with Gasteiger partial charge in [-0.2, -0.15) is 5.26 Å². The van der Waals surface area contributed by atoms with E-state index in [1.54, 1.807) is 18.3 Å². The molecule has 0 saturated heterocycles. The van der Waals surface area contributed by atoms with Crippen LogP contribution in [0.1, 0.15) is 11.3 Å². The maximum absolute atomic E-state index is 9.01. The fraction of sp³-hybridized carbons (Fsp3) is 0.0625. The van der Waals surface area contributed by atoms with Gasteiger partial charge < -0.3 is 5.32 Å². The molecule has 0 atom stereocenters. The average molecular weight is 260 g/mol. The molecule has 0 saturated carbocycles. The molecule has 1 N–H and O–H groups in total. The maximum atomic E-state index is 9.01. The van der Waals surface area contributed by atoms with Crippen LogP contribution in [0, 0.1) is 18.3 Å². The van der Waals surface area contributed by atoms with Gasteiger partial charge in [-0.25, -0.2) is 4.98 Å². The molecule has 1 aromatic carbocycles. The molecule has 4 nitrogen and oxygen atoms in total. The number of rotatable bonds is 2. The van der Waals surface area contributed by atoms with E-state index in [2.05, 4.69) is 21.4 Å². The van der Waals surface area contributed by atoms with Crippen LogP contribution in [0.5, 0.6) is 0 Å². The summed E-state index contributed by atoms with van der Waals surface area (Å²) < 4.78 is 0. The first-order chi connectivity index (χ1) is 9.76. The standard InChI is InChI=1S/C16H12N4/c1-11-8-12(10-17)9-16(19-11)20-15-6-2-5-14-13(15)4-3-7-18-14/h2-9H,1H3,(H,19,20). The summed E-state index contributed by atoms with van der Waals surface area (Å²) in [7, 11) is 0. The molecule has 0 bridgehead atoms. The monoisotopic (exact) mass is 260 g/mol. The molecule has 0 aliphatic carbocycles. The highest BCUT2D eigenvalue weighted by Crippen LogP contribution is 2.24. The van der Waals surface area contributed by atoms with Crippen molar-refractivity contribution in [3.63, 3.8) is 0 Å². The first-order valence-corrected chi connectivity index (χ1v) is 6.26. The Balaban J connectivity index is 2.06. The van der Waals surface area contributed by atoms with E-state index in [1.807, 2.05) is 37.3 Å². The Hall–Kier alpha value is -2.93. The van der Waals surface area contributed by atoms with Gasteiger partial charge in [-0.3, -0.25) is 4.98 Å². The first kappa shape index (κ1) is 12.1. The number of nitrogens with one attached hydrogen (secondary N) is 1. The fourth-order valence-corrected chi connectivity index (χ4v) is 2.15. The summed E-state index contributed by atoms with van der Waals surface area (Å²) >= 11 is 0. The molecule has 3 aromatic rings. The lowest BCUT2D eigenvalue weighted by Crippen LogP contribution is -1.97. The van der Waals surface area contributed by atoms with Gasteiger partial charge in [-0.1, -0.05) is 6.07 Å². The van der Waals surface area contributed by atoms with Crippen molar-refractivity contribution < 1.29 is 0 Å². The van der Waals surface area contributed by atoms with Crippen molar-refractivity contribution in [1.29, 1.82) is 5.26 Å². The lowest BCUT2D eigenvalue weighted by Gasteiger charge is -2.09. The van der Waals surface area contributed by atoms with Gasteiger partial charge in [0.2, 0.25) is 0 Å². The van der Waals surface area contributed by atoms with Crippen LogP contribution in [-0.4, -0.2) is 9.97 Å². The normalized spacial score (nSPS) is 10.2. The fourth-order valence-electron chi connectivity index (χ4n) is 2.15. The highest BCUT2D eigenvalue weighted by Gasteiger charge is 2.04. The predicted molar refractivity (Wildman–Crippen MR) is 78.7 cm³/mol. The third-order valence-corrected chi connectivity index (χ3v) is 2.99. The lowest BCUT2D eigenvalue weighted by molar-refractivity contribution is 1.19. The summed E-state index contributed by atoms with van der Waals surface area (Å²) in [5.74, 6) is 0.665. The Morgan fingerprint density at radius 2 is 2.05 bits per heavy atom. The Bertz CT molecular complexity index is 813. The summed E-state index contributed by atoms with van der Waals surface area (Å²) in [4.78, 5) is 8.72. The zero-order chi connectivity index (χ0) is 13.9. The molecule has 2 heterocycles. The Morgan fingerprint density at radius 3 is 2.90 bits per heavy atom. The molecule has 0 aliphatic rings. The van der Waals surface area contributed by atoms with Crippen molar-refractivity contribution in [2.75, 3.05) is 5.32 Å². The molecule has 0 radical (unpaired) electrons. The van der Waals surface area contributed by atoms with Crippen molar-refractivity contribution in [1.82, 2.24) is 9.97 Å². The minimum absolute atomic E-state index is 0.596. The van der Waals surface area contributed by atoms with Gasteiger partial charge >= 0.3 is 0 Å². The number of anilines is 2. The highest BCUT2D eigenvalue weighted by atomic mass is 15.0. The molecule has 0 unspecified atom stereocenters. The predicted octanol–water partition coefficient (Wildman–Crippen LogP) is 3.55. The van der Waals surface area contributed by atoms with Gasteiger partial charge in [0.1, 0.15) is 5.82 Å². The Kier molecular flexibility index (Phi) is 3.02. The summed E-state index contributed by atoms with van der Waals surface area (Å²) in [5.41, 5.74) is 3.26. The van der Waals surface area contributed by atoms with E-state index in [0.29, 0.717) is 11.4 Å². The van der Waals surface area contributed by atoms with Gasteiger partial charge in [0, 0.05) is 23.0 Å². The number of aromatic nitrogens is 2. The van der Waals surface area contributed by atoms with E-state index in [-0.39, 0.29) is 0 Å². The molecular weight excluding hydrogens is 248 g/mol. The quantitative estimate of drug-likeness (QED) is 0.765. The summed E-state index contributed by atoms with van der Waals surface area (Å²) in [5, 5.41) is 13.3. The van der Waals surface area contributed by atoms with Gasteiger partial charge in [0.15, 0.2) is 0 Å². The molecule has 0 aliphatic heterocycles. The van der Waals surface area contributed by atoms with Crippen molar-refractivity contribution in [2.24, 2.45) is 0 Å². The van der Waals surface area contributed by atoms with E-state index >= 15 is 0 Å². The smallest absolute Gasteiger partial charge is 0.131 e. The number of hydrogen-bond donors (Lipinski definition) is 1.